The van der Waals surface area contributed by atoms with Crippen LogP contribution in [0.3, 0.4) is 0 Å². The van der Waals surface area contributed by atoms with Crippen molar-refractivity contribution in [1.29, 1.82) is 0 Å². The molecule has 1 aromatic carbocycles. The van der Waals surface area contributed by atoms with Gasteiger partial charge in [-0.2, -0.15) is 0 Å². The monoisotopic (exact) mass is 207 g/mol. The van der Waals surface area contributed by atoms with E-state index in [1.54, 1.807) is 0 Å². The summed E-state index contributed by atoms with van der Waals surface area (Å²) in [6.45, 7) is 3.29. The van der Waals surface area contributed by atoms with Crippen molar-refractivity contribution >= 4 is 0 Å². The molecule has 0 aliphatic heterocycles. The normalized spacial score (nSPS) is 24.9. The van der Waals surface area contributed by atoms with Crippen LogP contribution >= 0.6 is 0 Å². The standard InChI is InChI=1S/C13H18FN/c1-10-8-13(9-10)15-7-6-11-2-4-12(14)5-3-11/h2-5,10,13,15H,6-9H2,1H3. The summed E-state index contributed by atoms with van der Waals surface area (Å²) in [4.78, 5) is 0. The molecule has 0 saturated heterocycles. The van der Waals surface area contributed by atoms with Gasteiger partial charge in [0, 0.05) is 6.04 Å². The van der Waals surface area contributed by atoms with Crippen LogP contribution in [0.15, 0.2) is 24.3 Å². The first kappa shape index (κ1) is 10.6. The van der Waals surface area contributed by atoms with E-state index in [-0.39, 0.29) is 5.82 Å². The maximum atomic E-state index is 12.6. The van der Waals surface area contributed by atoms with E-state index in [9.17, 15) is 4.39 Å². The lowest BCUT2D eigenvalue weighted by atomic mass is 9.82. The topological polar surface area (TPSA) is 12.0 Å². The number of nitrogens with one attached hydrogen (secondary N) is 1. The van der Waals surface area contributed by atoms with Crippen LogP contribution in [0.4, 0.5) is 4.39 Å². The predicted octanol–water partition coefficient (Wildman–Crippen LogP) is 2.76. The Bertz CT molecular complexity index is 301. The van der Waals surface area contributed by atoms with E-state index in [0.717, 1.165) is 24.9 Å². The molecule has 1 aromatic rings. The summed E-state index contributed by atoms with van der Waals surface area (Å²) < 4.78 is 12.6. The summed E-state index contributed by atoms with van der Waals surface area (Å²) in [5.74, 6) is 0.743. The molecule has 1 aliphatic rings. The van der Waals surface area contributed by atoms with Crippen molar-refractivity contribution in [2.75, 3.05) is 6.54 Å². The van der Waals surface area contributed by atoms with Crippen LogP contribution in [0.25, 0.3) is 0 Å². The first-order valence-corrected chi connectivity index (χ1v) is 5.72. The second kappa shape index (κ2) is 4.75. The van der Waals surface area contributed by atoms with Gasteiger partial charge >= 0.3 is 0 Å². The van der Waals surface area contributed by atoms with Gasteiger partial charge in [0.25, 0.3) is 0 Å². The average molecular weight is 207 g/mol. The van der Waals surface area contributed by atoms with Gasteiger partial charge in [0.05, 0.1) is 0 Å². The first-order chi connectivity index (χ1) is 7.24. The van der Waals surface area contributed by atoms with Gasteiger partial charge in [-0.05, 0) is 49.4 Å². The first-order valence-electron chi connectivity index (χ1n) is 5.72. The van der Waals surface area contributed by atoms with E-state index in [4.69, 9.17) is 0 Å². The molecular formula is C13H18FN. The largest absolute Gasteiger partial charge is 0.314 e. The molecule has 1 nitrogen and oxygen atoms in total. The summed E-state index contributed by atoms with van der Waals surface area (Å²) in [6.07, 6.45) is 3.61. The van der Waals surface area contributed by atoms with Gasteiger partial charge < -0.3 is 5.32 Å². The van der Waals surface area contributed by atoms with Crippen molar-refractivity contribution in [1.82, 2.24) is 5.32 Å². The van der Waals surface area contributed by atoms with Gasteiger partial charge in [-0.15, -0.1) is 0 Å². The fourth-order valence-corrected chi connectivity index (χ4v) is 2.14. The molecule has 0 aromatic heterocycles. The Labute approximate surface area is 90.7 Å². The minimum Gasteiger partial charge on any atom is -0.314 e. The van der Waals surface area contributed by atoms with E-state index < -0.39 is 0 Å². The molecule has 0 atom stereocenters. The van der Waals surface area contributed by atoms with E-state index >= 15 is 0 Å². The molecule has 2 heteroatoms. The number of hydrogen-bond donors (Lipinski definition) is 1. The Balaban J connectivity index is 1.67. The van der Waals surface area contributed by atoms with Crippen LogP contribution in [0.1, 0.15) is 25.3 Å². The fourth-order valence-electron chi connectivity index (χ4n) is 2.14. The van der Waals surface area contributed by atoms with Crippen molar-refractivity contribution in [3.63, 3.8) is 0 Å². The predicted molar refractivity (Wildman–Crippen MR) is 60.3 cm³/mol. The smallest absolute Gasteiger partial charge is 0.123 e. The van der Waals surface area contributed by atoms with Crippen LogP contribution in [-0.4, -0.2) is 12.6 Å². The molecule has 0 heterocycles. The zero-order valence-corrected chi connectivity index (χ0v) is 9.17. The summed E-state index contributed by atoms with van der Waals surface area (Å²) in [6, 6.07) is 7.50. The van der Waals surface area contributed by atoms with Crippen LogP contribution in [0.5, 0.6) is 0 Å². The number of hydrogen-bond acceptors (Lipinski definition) is 1. The molecule has 0 amide bonds. The Hall–Kier alpha value is -0.890. The molecule has 1 N–H and O–H groups in total. The minimum absolute atomic E-state index is 0.153. The summed E-state index contributed by atoms with van der Waals surface area (Å²) >= 11 is 0. The lowest BCUT2D eigenvalue weighted by molar-refractivity contribution is 0.243. The highest BCUT2D eigenvalue weighted by Gasteiger charge is 2.23. The molecule has 0 radical (unpaired) electrons. The van der Waals surface area contributed by atoms with Crippen molar-refractivity contribution in [3.05, 3.63) is 35.6 Å². The molecule has 1 fully saturated rings. The van der Waals surface area contributed by atoms with Crippen LogP contribution in [0, 0.1) is 11.7 Å². The van der Waals surface area contributed by atoms with Crippen molar-refractivity contribution in [3.8, 4) is 0 Å². The highest BCUT2D eigenvalue weighted by atomic mass is 19.1. The molecule has 0 unspecified atom stereocenters. The van der Waals surface area contributed by atoms with Crippen LogP contribution in [0.2, 0.25) is 0 Å². The molecule has 1 saturated carbocycles. The number of benzene rings is 1. The molecule has 0 bridgehead atoms. The highest BCUT2D eigenvalue weighted by Crippen LogP contribution is 2.25. The molecule has 82 valence electrons. The van der Waals surface area contributed by atoms with Gasteiger partial charge in [-0.1, -0.05) is 19.1 Å². The Morgan fingerprint density at radius 3 is 2.53 bits per heavy atom. The highest BCUT2D eigenvalue weighted by molar-refractivity contribution is 5.16. The third kappa shape index (κ3) is 3.03. The quantitative estimate of drug-likeness (QED) is 0.800. The van der Waals surface area contributed by atoms with E-state index in [1.807, 2.05) is 12.1 Å². The Kier molecular flexibility index (Phi) is 3.37. The third-order valence-corrected chi connectivity index (χ3v) is 3.13. The van der Waals surface area contributed by atoms with Crippen LogP contribution in [-0.2, 0) is 6.42 Å². The summed E-state index contributed by atoms with van der Waals surface area (Å²) in [5.41, 5.74) is 1.20. The SMILES string of the molecule is CC1CC(NCCc2ccc(F)cc2)C1. The van der Waals surface area contributed by atoms with Crippen molar-refractivity contribution in [2.24, 2.45) is 5.92 Å². The van der Waals surface area contributed by atoms with Crippen LogP contribution < -0.4 is 5.32 Å². The molecule has 0 spiro atoms. The molecule has 15 heavy (non-hydrogen) atoms. The van der Waals surface area contributed by atoms with E-state index in [0.29, 0.717) is 0 Å². The second-order valence-electron chi connectivity index (χ2n) is 4.60. The Morgan fingerprint density at radius 2 is 1.93 bits per heavy atom. The zero-order valence-electron chi connectivity index (χ0n) is 9.17. The van der Waals surface area contributed by atoms with Crippen molar-refractivity contribution in [2.45, 2.75) is 32.2 Å². The van der Waals surface area contributed by atoms with Gasteiger partial charge in [0.15, 0.2) is 0 Å². The summed E-state index contributed by atoms with van der Waals surface area (Å²) in [7, 11) is 0. The minimum atomic E-state index is -0.153. The lowest BCUT2D eigenvalue weighted by Gasteiger charge is -2.33. The second-order valence-corrected chi connectivity index (χ2v) is 4.60. The van der Waals surface area contributed by atoms with E-state index in [1.165, 1.54) is 30.5 Å². The maximum Gasteiger partial charge on any atom is 0.123 e. The number of halogens is 1. The fraction of sp³-hybridized carbons (Fsp3) is 0.538. The molecular weight excluding hydrogens is 189 g/mol. The Morgan fingerprint density at radius 1 is 1.27 bits per heavy atom. The van der Waals surface area contributed by atoms with E-state index in [2.05, 4.69) is 12.2 Å². The zero-order chi connectivity index (χ0) is 10.7. The lowest BCUT2D eigenvalue weighted by Crippen LogP contribution is -2.40. The van der Waals surface area contributed by atoms with Crippen molar-refractivity contribution < 1.29 is 4.39 Å². The third-order valence-electron chi connectivity index (χ3n) is 3.13. The van der Waals surface area contributed by atoms with Gasteiger partial charge in [0.2, 0.25) is 0 Å². The summed E-state index contributed by atoms with van der Waals surface area (Å²) in [5, 5.41) is 3.52. The van der Waals surface area contributed by atoms with Gasteiger partial charge in [-0.25, -0.2) is 4.39 Å². The average Bonchev–Trinajstić information content (AvgIpc) is 2.18. The van der Waals surface area contributed by atoms with Gasteiger partial charge in [0.1, 0.15) is 5.82 Å². The molecule has 1 aliphatic carbocycles. The maximum absolute atomic E-state index is 12.6. The molecule has 2 rings (SSSR count). The number of rotatable bonds is 4. The van der Waals surface area contributed by atoms with Gasteiger partial charge in [-0.3, -0.25) is 0 Å².